The number of carbonyl (C=O) groups is 3. The number of halogens is 3. The number of alkyl halides is 3. The maximum absolute atomic E-state index is 12.8. The maximum Gasteiger partial charge on any atom is 0.416 e. The molecule has 0 aromatic heterocycles. The Labute approximate surface area is 193 Å². The summed E-state index contributed by atoms with van der Waals surface area (Å²) >= 11 is 0. The number of rotatable bonds is 5. The van der Waals surface area contributed by atoms with Crippen molar-refractivity contribution in [2.75, 3.05) is 32.7 Å². The Morgan fingerprint density at radius 1 is 0.853 bits per heavy atom. The SMILES string of the molecule is O=C(CCN1C(=O)c2ccccc2C1=O)N1CCN(S(=O)(=O)c2ccc(C(F)(F)F)cc2)CC1. The molecule has 180 valence electrons. The first kappa shape index (κ1) is 23.9. The second-order valence-electron chi connectivity index (χ2n) is 7.86. The number of sulfonamides is 1. The first-order valence-electron chi connectivity index (χ1n) is 10.4. The summed E-state index contributed by atoms with van der Waals surface area (Å²) in [5, 5.41) is 0. The number of piperazine rings is 1. The lowest BCUT2D eigenvalue weighted by Gasteiger charge is -2.34. The van der Waals surface area contributed by atoms with Crippen molar-refractivity contribution in [2.45, 2.75) is 17.5 Å². The summed E-state index contributed by atoms with van der Waals surface area (Å²) in [7, 11) is -4.01. The highest BCUT2D eigenvalue weighted by atomic mass is 32.2. The third-order valence-electron chi connectivity index (χ3n) is 5.84. The van der Waals surface area contributed by atoms with Crippen LogP contribution in [0.1, 0.15) is 32.7 Å². The van der Waals surface area contributed by atoms with Gasteiger partial charge in [-0.1, -0.05) is 12.1 Å². The van der Waals surface area contributed by atoms with Crippen LogP contribution in [0.2, 0.25) is 0 Å². The first-order valence-corrected chi connectivity index (χ1v) is 11.8. The van der Waals surface area contributed by atoms with E-state index in [-0.39, 0.29) is 49.9 Å². The minimum Gasteiger partial charge on any atom is -0.340 e. The van der Waals surface area contributed by atoms with Crippen LogP contribution < -0.4 is 0 Å². The van der Waals surface area contributed by atoms with Gasteiger partial charge in [-0.2, -0.15) is 17.5 Å². The summed E-state index contributed by atoms with van der Waals surface area (Å²) in [5.41, 5.74) is -0.357. The Kier molecular flexibility index (Phi) is 6.21. The monoisotopic (exact) mass is 495 g/mol. The Morgan fingerprint density at radius 3 is 1.88 bits per heavy atom. The third kappa shape index (κ3) is 4.42. The van der Waals surface area contributed by atoms with Crippen LogP contribution >= 0.6 is 0 Å². The zero-order chi connectivity index (χ0) is 24.7. The lowest BCUT2D eigenvalue weighted by atomic mass is 10.1. The Bertz CT molecular complexity index is 1200. The molecule has 0 N–H and O–H groups in total. The summed E-state index contributed by atoms with van der Waals surface area (Å²) in [6, 6.07) is 9.66. The standard InChI is InChI=1S/C22H20F3N3O5S/c23-22(24,25)15-5-7-16(8-6-15)34(32,33)27-13-11-26(12-14-27)19(29)9-10-28-20(30)17-3-1-2-4-18(17)21(28)31/h1-8H,9-14H2. The van der Waals surface area contributed by atoms with Gasteiger partial charge in [0.2, 0.25) is 15.9 Å². The van der Waals surface area contributed by atoms with Crippen molar-refractivity contribution in [3.05, 3.63) is 65.2 Å². The largest absolute Gasteiger partial charge is 0.416 e. The van der Waals surface area contributed by atoms with Crippen LogP contribution in [0, 0.1) is 0 Å². The van der Waals surface area contributed by atoms with E-state index < -0.39 is 33.6 Å². The van der Waals surface area contributed by atoms with Crippen LogP contribution in [0.3, 0.4) is 0 Å². The normalized spacial score (nSPS) is 17.3. The van der Waals surface area contributed by atoms with Gasteiger partial charge in [0, 0.05) is 39.1 Å². The van der Waals surface area contributed by atoms with Gasteiger partial charge in [-0.3, -0.25) is 19.3 Å². The fourth-order valence-electron chi connectivity index (χ4n) is 3.95. The number of amides is 3. The van der Waals surface area contributed by atoms with Gasteiger partial charge in [-0.05, 0) is 36.4 Å². The Hall–Kier alpha value is -3.25. The fourth-order valence-corrected chi connectivity index (χ4v) is 5.37. The van der Waals surface area contributed by atoms with Gasteiger partial charge >= 0.3 is 6.18 Å². The van der Waals surface area contributed by atoms with Gasteiger partial charge in [-0.15, -0.1) is 0 Å². The second kappa shape index (κ2) is 8.84. The van der Waals surface area contributed by atoms with Crippen molar-refractivity contribution in [3.63, 3.8) is 0 Å². The van der Waals surface area contributed by atoms with E-state index in [0.717, 1.165) is 21.3 Å². The van der Waals surface area contributed by atoms with E-state index >= 15 is 0 Å². The number of fused-ring (bicyclic) bond motifs is 1. The summed E-state index contributed by atoms with van der Waals surface area (Å²) in [6.07, 6.45) is -4.67. The highest BCUT2D eigenvalue weighted by molar-refractivity contribution is 7.89. The molecule has 2 aromatic carbocycles. The van der Waals surface area contributed by atoms with Crippen molar-refractivity contribution in [2.24, 2.45) is 0 Å². The quantitative estimate of drug-likeness (QED) is 0.593. The number of nitrogens with zero attached hydrogens (tertiary/aromatic N) is 3. The molecule has 4 rings (SSSR count). The number of hydrogen-bond donors (Lipinski definition) is 0. The minimum absolute atomic E-state index is 0.0257. The van der Waals surface area contributed by atoms with Crippen LogP contribution in [0.25, 0.3) is 0 Å². The minimum atomic E-state index is -4.57. The first-order chi connectivity index (χ1) is 16.0. The van der Waals surface area contributed by atoms with Crippen molar-refractivity contribution >= 4 is 27.7 Å². The molecule has 0 radical (unpaired) electrons. The molecule has 12 heteroatoms. The fraction of sp³-hybridized carbons (Fsp3) is 0.318. The number of benzene rings is 2. The van der Waals surface area contributed by atoms with Crippen molar-refractivity contribution in [3.8, 4) is 0 Å². The second-order valence-corrected chi connectivity index (χ2v) is 9.80. The highest BCUT2D eigenvalue weighted by Crippen LogP contribution is 2.30. The summed E-state index contributed by atoms with van der Waals surface area (Å²) < 4.78 is 64.8. The number of hydrogen-bond acceptors (Lipinski definition) is 5. The Balaban J connectivity index is 1.32. The molecule has 0 unspecified atom stereocenters. The predicted octanol–water partition coefficient (Wildman–Crippen LogP) is 2.22. The summed E-state index contributed by atoms with van der Waals surface area (Å²) in [4.78, 5) is 39.6. The van der Waals surface area contributed by atoms with Gasteiger partial charge in [0.15, 0.2) is 0 Å². The maximum atomic E-state index is 12.8. The van der Waals surface area contributed by atoms with Crippen molar-refractivity contribution in [1.82, 2.24) is 14.1 Å². The molecule has 0 atom stereocenters. The van der Waals surface area contributed by atoms with E-state index in [9.17, 15) is 36.0 Å². The van der Waals surface area contributed by atoms with Crippen molar-refractivity contribution in [1.29, 1.82) is 0 Å². The average Bonchev–Trinajstić information content (AvgIpc) is 3.07. The molecule has 1 fully saturated rings. The molecule has 2 aliphatic heterocycles. The molecule has 8 nitrogen and oxygen atoms in total. The summed E-state index contributed by atoms with van der Waals surface area (Å²) in [6.45, 7) is 0.0289. The van der Waals surface area contributed by atoms with Crippen LogP contribution in [0.15, 0.2) is 53.4 Å². The molecule has 1 saturated heterocycles. The molecule has 0 saturated carbocycles. The van der Waals surface area contributed by atoms with Crippen molar-refractivity contribution < 1.29 is 36.0 Å². The molecule has 0 spiro atoms. The van der Waals surface area contributed by atoms with E-state index in [4.69, 9.17) is 0 Å². The lowest BCUT2D eigenvalue weighted by molar-refractivity contribution is -0.137. The van der Waals surface area contributed by atoms with E-state index in [0.29, 0.717) is 23.3 Å². The van der Waals surface area contributed by atoms with Gasteiger partial charge in [0.25, 0.3) is 11.8 Å². The van der Waals surface area contributed by atoms with E-state index in [1.807, 2.05) is 0 Å². The molecule has 2 aliphatic rings. The predicted molar refractivity (Wildman–Crippen MR) is 113 cm³/mol. The van der Waals surface area contributed by atoms with Gasteiger partial charge in [-0.25, -0.2) is 8.42 Å². The van der Waals surface area contributed by atoms with Gasteiger partial charge in [0.1, 0.15) is 0 Å². The average molecular weight is 495 g/mol. The van der Waals surface area contributed by atoms with E-state index in [1.165, 1.54) is 4.90 Å². The summed E-state index contributed by atoms with van der Waals surface area (Å²) in [5.74, 6) is -1.25. The highest BCUT2D eigenvalue weighted by Gasteiger charge is 2.36. The molecular weight excluding hydrogens is 475 g/mol. The van der Waals surface area contributed by atoms with Gasteiger partial charge in [0.05, 0.1) is 21.6 Å². The molecule has 0 aliphatic carbocycles. The molecule has 2 aromatic rings. The topological polar surface area (TPSA) is 95.1 Å². The zero-order valence-corrected chi connectivity index (χ0v) is 18.6. The molecule has 0 bridgehead atoms. The Morgan fingerprint density at radius 2 is 1.38 bits per heavy atom. The molecular formula is C22H20F3N3O5S. The smallest absolute Gasteiger partial charge is 0.340 e. The zero-order valence-electron chi connectivity index (χ0n) is 17.8. The molecule has 34 heavy (non-hydrogen) atoms. The molecule has 2 heterocycles. The van der Waals surface area contributed by atoms with Crippen LogP contribution in [0.4, 0.5) is 13.2 Å². The number of carbonyl (C=O) groups excluding carboxylic acids is 3. The third-order valence-corrected chi connectivity index (χ3v) is 7.75. The van der Waals surface area contributed by atoms with Gasteiger partial charge < -0.3 is 4.90 Å². The van der Waals surface area contributed by atoms with Crippen LogP contribution in [0.5, 0.6) is 0 Å². The van der Waals surface area contributed by atoms with E-state index in [1.54, 1.807) is 24.3 Å². The van der Waals surface area contributed by atoms with E-state index in [2.05, 4.69) is 0 Å². The lowest BCUT2D eigenvalue weighted by Crippen LogP contribution is -2.51. The molecule has 3 amide bonds. The van der Waals surface area contributed by atoms with Crippen LogP contribution in [-0.4, -0.2) is 73.0 Å². The number of imide groups is 1. The van der Waals surface area contributed by atoms with Crippen LogP contribution in [-0.2, 0) is 21.0 Å².